The minimum absolute atomic E-state index is 0.250. The fourth-order valence-electron chi connectivity index (χ4n) is 3.48. The lowest BCUT2D eigenvalue weighted by atomic mass is 10.1. The highest BCUT2D eigenvalue weighted by Crippen LogP contribution is 2.34. The lowest BCUT2D eigenvalue weighted by Crippen LogP contribution is -2.07. The van der Waals surface area contributed by atoms with E-state index in [0.717, 1.165) is 17.7 Å². The van der Waals surface area contributed by atoms with E-state index in [1.165, 1.54) is 17.8 Å². The largest absolute Gasteiger partial charge is 0.497 e. The molecule has 2 aromatic heterocycles. The molecule has 11 heteroatoms. The van der Waals surface area contributed by atoms with Gasteiger partial charge >= 0.3 is 6.18 Å². The summed E-state index contributed by atoms with van der Waals surface area (Å²) in [5.41, 5.74) is 0.959. The van der Waals surface area contributed by atoms with Gasteiger partial charge in [0.15, 0.2) is 11.0 Å². The number of methoxy groups -OCH3 is 1. The van der Waals surface area contributed by atoms with Gasteiger partial charge in [-0.05, 0) is 54.6 Å². The number of rotatable bonds is 7. The van der Waals surface area contributed by atoms with Gasteiger partial charge in [0.1, 0.15) is 5.75 Å². The number of ether oxygens (including phenoxy) is 1. The van der Waals surface area contributed by atoms with Crippen LogP contribution in [0.2, 0.25) is 0 Å². The summed E-state index contributed by atoms with van der Waals surface area (Å²) in [4.78, 5) is 0. The van der Waals surface area contributed by atoms with Gasteiger partial charge in [0, 0.05) is 11.1 Å². The highest BCUT2D eigenvalue weighted by Gasteiger charge is 2.31. The number of hydrogen-bond donors (Lipinski definition) is 0. The van der Waals surface area contributed by atoms with Gasteiger partial charge in [0.25, 0.3) is 0 Å². The highest BCUT2D eigenvalue weighted by atomic mass is 32.2. The summed E-state index contributed by atoms with van der Waals surface area (Å²) < 4.78 is 52.9. The average molecular weight is 510 g/mol. The molecule has 5 aromatic rings. The molecule has 0 spiro atoms. The second-order valence-corrected chi connectivity index (χ2v) is 8.52. The van der Waals surface area contributed by atoms with E-state index in [1.54, 1.807) is 42.0 Å². The van der Waals surface area contributed by atoms with Crippen molar-refractivity contribution in [2.75, 3.05) is 7.11 Å². The summed E-state index contributed by atoms with van der Waals surface area (Å²) in [7, 11) is 1.55. The van der Waals surface area contributed by atoms with E-state index >= 15 is 0 Å². The number of aromatic nitrogens is 5. The Kier molecular flexibility index (Phi) is 6.47. The molecule has 3 aromatic carbocycles. The van der Waals surface area contributed by atoms with Crippen molar-refractivity contribution in [2.45, 2.75) is 17.1 Å². The molecule has 0 atom stereocenters. The maximum absolute atomic E-state index is 13.4. The molecular weight excluding hydrogens is 491 g/mol. The van der Waals surface area contributed by atoms with E-state index in [2.05, 4.69) is 20.4 Å². The van der Waals surface area contributed by atoms with E-state index in [4.69, 9.17) is 9.15 Å². The first kappa shape index (κ1) is 23.6. The zero-order valence-electron chi connectivity index (χ0n) is 18.8. The number of nitrogens with zero attached hydrogens (tertiary/aromatic N) is 5. The van der Waals surface area contributed by atoms with Gasteiger partial charge in [-0.15, -0.1) is 20.4 Å². The predicted octanol–water partition coefficient (Wildman–Crippen LogP) is 6.30. The molecule has 0 radical (unpaired) electrons. The molecule has 2 heterocycles. The molecule has 36 heavy (non-hydrogen) atoms. The van der Waals surface area contributed by atoms with Crippen LogP contribution in [0.15, 0.2) is 88.4 Å². The Morgan fingerprint density at radius 1 is 0.861 bits per heavy atom. The van der Waals surface area contributed by atoms with Crippen LogP contribution in [0.3, 0.4) is 0 Å². The van der Waals surface area contributed by atoms with Crippen LogP contribution >= 0.6 is 11.8 Å². The van der Waals surface area contributed by atoms with Crippen molar-refractivity contribution < 1.29 is 22.3 Å². The standard InChI is InChI=1S/C25H18F3N5O2S/c1-34-20-12-10-16(11-13-20)22-30-32-24(33(22)19-9-5-8-18(14-19)25(26,27)28)36-15-21-29-31-23(35-21)17-6-3-2-4-7-17/h2-14H,15H2,1H3. The molecule has 7 nitrogen and oxygen atoms in total. The first-order chi connectivity index (χ1) is 17.4. The monoisotopic (exact) mass is 509 g/mol. The maximum atomic E-state index is 13.4. The van der Waals surface area contributed by atoms with Crippen molar-refractivity contribution in [3.63, 3.8) is 0 Å². The molecule has 0 saturated carbocycles. The molecule has 0 aliphatic heterocycles. The molecule has 0 aliphatic rings. The first-order valence-electron chi connectivity index (χ1n) is 10.7. The summed E-state index contributed by atoms with van der Waals surface area (Å²) in [6.45, 7) is 0. The molecule has 0 unspecified atom stereocenters. The quantitative estimate of drug-likeness (QED) is 0.238. The van der Waals surface area contributed by atoms with Crippen molar-refractivity contribution in [3.05, 3.63) is 90.3 Å². The topological polar surface area (TPSA) is 78.9 Å². The number of alkyl halides is 3. The second-order valence-electron chi connectivity index (χ2n) is 7.57. The Balaban J connectivity index is 1.49. The molecule has 0 aliphatic carbocycles. The van der Waals surface area contributed by atoms with Crippen LogP contribution in [-0.4, -0.2) is 32.1 Å². The van der Waals surface area contributed by atoms with Gasteiger partial charge in [-0.1, -0.05) is 36.0 Å². The van der Waals surface area contributed by atoms with Crippen molar-refractivity contribution in [3.8, 4) is 34.3 Å². The number of hydrogen-bond acceptors (Lipinski definition) is 7. The predicted molar refractivity (Wildman–Crippen MR) is 128 cm³/mol. The van der Waals surface area contributed by atoms with E-state index in [0.29, 0.717) is 34.1 Å². The number of benzene rings is 3. The maximum Gasteiger partial charge on any atom is 0.416 e. The normalized spacial score (nSPS) is 11.6. The lowest BCUT2D eigenvalue weighted by Gasteiger charge is -2.13. The van der Waals surface area contributed by atoms with Gasteiger partial charge in [-0.3, -0.25) is 4.57 Å². The Hall–Kier alpha value is -4.12. The minimum Gasteiger partial charge on any atom is -0.497 e. The molecular formula is C25H18F3N5O2S. The Morgan fingerprint density at radius 3 is 2.36 bits per heavy atom. The lowest BCUT2D eigenvalue weighted by molar-refractivity contribution is -0.137. The molecule has 5 rings (SSSR count). The van der Waals surface area contributed by atoms with Gasteiger partial charge in [-0.25, -0.2) is 0 Å². The van der Waals surface area contributed by atoms with E-state index in [-0.39, 0.29) is 11.4 Å². The average Bonchev–Trinajstić information content (AvgIpc) is 3.55. The third kappa shape index (κ3) is 4.96. The molecule has 0 fully saturated rings. The molecule has 0 N–H and O–H groups in total. The second kappa shape index (κ2) is 9.86. The summed E-state index contributed by atoms with van der Waals surface area (Å²) >= 11 is 1.23. The molecule has 182 valence electrons. The smallest absolute Gasteiger partial charge is 0.416 e. The van der Waals surface area contributed by atoms with Crippen LogP contribution in [0.25, 0.3) is 28.5 Å². The van der Waals surface area contributed by atoms with Gasteiger partial charge in [0.05, 0.1) is 24.1 Å². The zero-order chi connectivity index (χ0) is 25.1. The van der Waals surface area contributed by atoms with E-state index < -0.39 is 11.7 Å². The van der Waals surface area contributed by atoms with Crippen LogP contribution in [0, 0.1) is 0 Å². The van der Waals surface area contributed by atoms with Crippen LogP contribution < -0.4 is 4.74 Å². The van der Waals surface area contributed by atoms with Crippen LogP contribution in [0.4, 0.5) is 13.2 Å². The summed E-state index contributed by atoms with van der Waals surface area (Å²) in [5.74, 6) is 2.01. The van der Waals surface area contributed by atoms with Crippen LogP contribution in [0.5, 0.6) is 5.75 Å². The van der Waals surface area contributed by atoms with Crippen molar-refractivity contribution in [1.29, 1.82) is 0 Å². The Labute approximate surface area is 208 Å². The third-order valence-corrected chi connectivity index (χ3v) is 6.14. The van der Waals surface area contributed by atoms with Gasteiger partial charge in [0.2, 0.25) is 11.8 Å². The highest BCUT2D eigenvalue weighted by molar-refractivity contribution is 7.98. The van der Waals surface area contributed by atoms with Gasteiger partial charge in [-0.2, -0.15) is 13.2 Å². The Morgan fingerprint density at radius 2 is 1.64 bits per heavy atom. The molecule has 0 amide bonds. The fraction of sp³-hybridized carbons (Fsp3) is 0.120. The van der Waals surface area contributed by atoms with Crippen LogP contribution in [-0.2, 0) is 11.9 Å². The SMILES string of the molecule is COc1ccc(-c2nnc(SCc3nnc(-c4ccccc4)o3)n2-c2cccc(C(F)(F)F)c2)cc1. The third-order valence-electron chi connectivity index (χ3n) is 5.23. The van der Waals surface area contributed by atoms with Gasteiger partial charge < -0.3 is 9.15 Å². The van der Waals surface area contributed by atoms with Crippen molar-refractivity contribution >= 4 is 11.8 Å². The molecule has 0 bridgehead atoms. The summed E-state index contributed by atoms with van der Waals surface area (Å²) in [5, 5.41) is 17.1. The summed E-state index contributed by atoms with van der Waals surface area (Å²) in [6, 6.07) is 21.4. The van der Waals surface area contributed by atoms with E-state index in [9.17, 15) is 13.2 Å². The Bertz CT molecular complexity index is 1470. The van der Waals surface area contributed by atoms with Crippen molar-refractivity contribution in [2.24, 2.45) is 0 Å². The number of thioether (sulfide) groups is 1. The minimum atomic E-state index is -4.49. The fourth-order valence-corrected chi connectivity index (χ4v) is 4.27. The van der Waals surface area contributed by atoms with Crippen LogP contribution in [0.1, 0.15) is 11.5 Å². The summed E-state index contributed by atoms with van der Waals surface area (Å²) in [6.07, 6.45) is -4.49. The van der Waals surface area contributed by atoms with E-state index in [1.807, 2.05) is 30.3 Å². The number of halogens is 3. The van der Waals surface area contributed by atoms with Crippen molar-refractivity contribution in [1.82, 2.24) is 25.0 Å². The zero-order valence-corrected chi connectivity index (χ0v) is 19.6. The first-order valence-corrected chi connectivity index (χ1v) is 11.7. The molecule has 0 saturated heterocycles.